The Morgan fingerprint density at radius 1 is 0.962 bits per heavy atom. The molecule has 0 atom stereocenters. The highest BCUT2D eigenvalue weighted by atomic mass is 32.3. The number of carbonyl (C=O) groups is 4. The van der Waals surface area contributed by atoms with Crippen molar-refractivity contribution in [2.45, 2.75) is 90.4 Å². The third-order valence-corrected chi connectivity index (χ3v) is 9.62. The Kier molecular flexibility index (Phi) is 12.3. The number of rotatable bonds is 11. The number of esters is 3. The summed E-state index contributed by atoms with van der Waals surface area (Å²) in [6.07, 6.45) is -0.257. The number of anilines is 1. The minimum Gasteiger partial charge on any atom is -0.460 e. The van der Waals surface area contributed by atoms with Crippen LogP contribution in [0.5, 0.6) is 5.75 Å². The van der Waals surface area contributed by atoms with E-state index in [9.17, 15) is 28.3 Å². The average molecular weight is 744 g/mol. The SMILES string of the molecule is CC(C)(C)OC(=O)CC1(CC(=O)OC(C)(C)C)CC(c2cc(OC(=O)c3ccc(NC(=N)N)cc3)ccc2CCC(=O)N2CCS(O)(O)CC2)=NO1. The molecule has 284 valence electrons. The van der Waals surface area contributed by atoms with Gasteiger partial charge in [-0.15, -0.1) is 0 Å². The molecule has 1 fully saturated rings. The summed E-state index contributed by atoms with van der Waals surface area (Å²) in [4.78, 5) is 60.0. The molecule has 15 nitrogen and oxygen atoms in total. The van der Waals surface area contributed by atoms with Crippen molar-refractivity contribution in [3.05, 3.63) is 59.2 Å². The molecule has 2 aromatic carbocycles. The zero-order valence-corrected chi connectivity index (χ0v) is 31.3. The molecule has 0 radical (unpaired) electrons. The molecule has 0 bridgehead atoms. The maximum Gasteiger partial charge on any atom is 0.343 e. The number of nitrogens with two attached hydrogens (primary N) is 1. The molecule has 0 spiro atoms. The molecule has 16 heteroatoms. The first-order valence-corrected chi connectivity index (χ1v) is 18.8. The Morgan fingerprint density at radius 3 is 2.08 bits per heavy atom. The van der Waals surface area contributed by atoms with E-state index in [1.54, 1.807) is 76.8 Å². The summed E-state index contributed by atoms with van der Waals surface area (Å²) >= 11 is 0. The molecule has 2 aromatic rings. The number of carbonyl (C=O) groups excluding carboxylic acids is 4. The Balaban J connectivity index is 1.62. The summed E-state index contributed by atoms with van der Waals surface area (Å²) in [5.41, 5.74) is 4.63. The van der Waals surface area contributed by atoms with Gasteiger partial charge in [0, 0.05) is 37.2 Å². The van der Waals surface area contributed by atoms with Crippen LogP contribution >= 0.6 is 10.6 Å². The van der Waals surface area contributed by atoms with E-state index >= 15 is 0 Å². The van der Waals surface area contributed by atoms with Crippen LogP contribution in [0.4, 0.5) is 5.69 Å². The van der Waals surface area contributed by atoms with E-state index in [-0.39, 0.29) is 79.9 Å². The number of nitrogens with one attached hydrogen (secondary N) is 2. The monoisotopic (exact) mass is 743 g/mol. The highest BCUT2D eigenvalue weighted by molar-refractivity contribution is 8.24. The lowest BCUT2D eigenvalue weighted by Gasteiger charge is -2.41. The largest absolute Gasteiger partial charge is 0.460 e. The quantitative estimate of drug-likeness (QED) is 0.0882. The van der Waals surface area contributed by atoms with Gasteiger partial charge in [-0.2, -0.15) is 10.6 Å². The fourth-order valence-corrected chi connectivity index (χ4v) is 6.92. The number of ether oxygens (including phenoxy) is 3. The molecule has 2 aliphatic heterocycles. The van der Waals surface area contributed by atoms with Gasteiger partial charge in [0.15, 0.2) is 11.6 Å². The van der Waals surface area contributed by atoms with E-state index in [4.69, 9.17) is 30.2 Å². The maximum absolute atomic E-state index is 13.2. The second-order valence-corrected chi connectivity index (χ2v) is 17.4. The summed E-state index contributed by atoms with van der Waals surface area (Å²) in [6, 6.07) is 11.1. The van der Waals surface area contributed by atoms with Crippen LogP contribution < -0.4 is 15.8 Å². The van der Waals surface area contributed by atoms with Gasteiger partial charge in [-0.05, 0) is 89.9 Å². The molecular weight excluding hydrogens is 694 g/mol. The van der Waals surface area contributed by atoms with Gasteiger partial charge in [-0.3, -0.25) is 28.9 Å². The molecule has 0 aromatic heterocycles. The summed E-state index contributed by atoms with van der Waals surface area (Å²) in [7, 11) is -2.67. The fourth-order valence-electron chi connectivity index (χ4n) is 5.69. The zero-order valence-electron chi connectivity index (χ0n) is 30.4. The maximum atomic E-state index is 13.2. The van der Waals surface area contributed by atoms with E-state index < -0.39 is 45.3 Å². The lowest BCUT2D eigenvalue weighted by Crippen LogP contribution is -2.42. The summed E-state index contributed by atoms with van der Waals surface area (Å²) in [5, 5.41) is 14.4. The van der Waals surface area contributed by atoms with Gasteiger partial charge in [0.2, 0.25) is 5.91 Å². The van der Waals surface area contributed by atoms with E-state index in [0.717, 1.165) is 0 Å². The van der Waals surface area contributed by atoms with Crippen molar-refractivity contribution in [3.8, 4) is 5.75 Å². The molecule has 1 amide bonds. The second-order valence-electron chi connectivity index (χ2n) is 14.9. The molecule has 52 heavy (non-hydrogen) atoms. The number of guanidine groups is 1. The van der Waals surface area contributed by atoms with Gasteiger partial charge in [0.25, 0.3) is 0 Å². The van der Waals surface area contributed by atoms with Crippen LogP contribution in [0.1, 0.15) is 88.7 Å². The number of hydrogen-bond acceptors (Lipinski definition) is 12. The van der Waals surface area contributed by atoms with Crippen molar-refractivity contribution in [2.24, 2.45) is 10.9 Å². The molecule has 1 saturated heterocycles. The van der Waals surface area contributed by atoms with Crippen molar-refractivity contribution in [3.63, 3.8) is 0 Å². The average Bonchev–Trinajstić information content (AvgIpc) is 3.40. The lowest BCUT2D eigenvalue weighted by molar-refractivity contribution is -0.169. The van der Waals surface area contributed by atoms with Crippen LogP contribution in [0.2, 0.25) is 0 Å². The predicted molar refractivity (Wildman–Crippen MR) is 197 cm³/mol. The van der Waals surface area contributed by atoms with Crippen molar-refractivity contribution in [1.82, 2.24) is 4.90 Å². The Morgan fingerprint density at radius 2 is 1.54 bits per heavy atom. The first kappa shape index (κ1) is 40.1. The Bertz CT molecular complexity index is 1670. The Labute approximate surface area is 305 Å². The third kappa shape index (κ3) is 12.0. The van der Waals surface area contributed by atoms with Crippen molar-refractivity contribution >= 4 is 51.8 Å². The van der Waals surface area contributed by atoms with Crippen LogP contribution in [-0.4, -0.2) is 90.9 Å². The lowest BCUT2D eigenvalue weighted by atomic mass is 9.86. The summed E-state index contributed by atoms with van der Waals surface area (Å²) < 4.78 is 36.8. The predicted octanol–water partition coefficient (Wildman–Crippen LogP) is 5.06. The number of oxime groups is 1. The number of amides is 1. The van der Waals surface area contributed by atoms with Gasteiger partial charge in [0.1, 0.15) is 17.0 Å². The van der Waals surface area contributed by atoms with Gasteiger partial charge < -0.3 is 35.0 Å². The van der Waals surface area contributed by atoms with Crippen molar-refractivity contribution in [1.29, 1.82) is 5.41 Å². The minimum absolute atomic E-state index is 0.00156. The van der Waals surface area contributed by atoms with Crippen LogP contribution in [-0.2, 0) is 35.1 Å². The number of nitrogens with zero attached hydrogens (tertiary/aromatic N) is 2. The van der Waals surface area contributed by atoms with Crippen molar-refractivity contribution in [2.75, 3.05) is 29.9 Å². The van der Waals surface area contributed by atoms with Crippen LogP contribution in [0.3, 0.4) is 0 Å². The molecule has 0 unspecified atom stereocenters. The summed E-state index contributed by atoms with van der Waals surface area (Å²) in [5.74, 6) is -1.83. The Hall–Kier alpha value is -4.67. The zero-order chi connectivity index (χ0) is 38.5. The fraction of sp³-hybridized carbons (Fsp3) is 0.500. The highest BCUT2D eigenvalue weighted by Crippen LogP contribution is 2.41. The molecule has 2 aliphatic rings. The molecule has 2 heterocycles. The molecule has 6 N–H and O–H groups in total. The van der Waals surface area contributed by atoms with Gasteiger partial charge in [0.05, 0.1) is 35.6 Å². The highest BCUT2D eigenvalue weighted by Gasteiger charge is 2.46. The molecule has 4 rings (SSSR count). The topological polar surface area (TPSA) is 223 Å². The van der Waals surface area contributed by atoms with Crippen molar-refractivity contribution < 1.29 is 47.3 Å². The first-order chi connectivity index (χ1) is 24.1. The molecular formula is C36H49N5O10S. The number of benzene rings is 2. The minimum atomic E-state index is -2.67. The standard InChI is InChI=1S/C36H49N5O10S/c1-34(2,3)49-30(43)21-36(22-31(44)50-35(4,5)6)20-28(40-51-36)27-19-26(48-32(45)24-7-11-25(12-8-24)39-33(37)38)13-9-23(27)10-14-29(42)41-15-17-52(46,47)18-16-41/h7-9,11-13,19,46-47H,10,14-18,20-22H2,1-6H3,(H4,37,38,39). The number of hydrogen-bond donors (Lipinski definition) is 5. The first-order valence-electron chi connectivity index (χ1n) is 16.9. The second kappa shape index (κ2) is 15.9. The van der Waals surface area contributed by atoms with Gasteiger partial charge in [-0.1, -0.05) is 11.2 Å². The summed E-state index contributed by atoms with van der Waals surface area (Å²) in [6.45, 7) is 10.9. The van der Waals surface area contributed by atoms with Crippen LogP contribution in [0.25, 0.3) is 0 Å². The molecule has 0 saturated carbocycles. The van der Waals surface area contributed by atoms with Crippen LogP contribution in [0, 0.1) is 5.41 Å². The van der Waals surface area contributed by atoms with E-state index in [2.05, 4.69) is 10.5 Å². The number of aryl methyl sites for hydroxylation is 1. The van der Waals surface area contributed by atoms with Gasteiger partial charge in [-0.25, -0.2) is 4.79 Å². The van der Waals surface area contributed by atoms with E-state index in [0.29, 0.717) is 22.5 Å². The smallest absolute Gasteiger partial charge is 0.343 e. The van der Waals surface area contributed by atoms with E-state index in [1.165, 1.54) is 12.1 Å². The molecule has 0 aliphatic carbocycles. The third-order valence-electron chi connectivity index (χ3n) is 7.95. The van der Waals surface area contributed by atoms with E-state index in [1.807, 2.05) is 0 Å². The van der Waals surface area contributed by atoms with Crippen LogP contribution in [0.15, 0.2) is 47.6 Å². The van der Waals surface area contributed by atoms with Gasteiger partial charge >= 0.3 is 17.9 Å². The normalized spacial score (nSPS) is 17.2.